The molecule has 1 aliphatic rings. The number of pyridine rings is 1. The summed E-state index contributed by atoms with van der Waals surface area (Å²) < 4.78 is 36.6. The fourth-order valence-electron chi connectivity index (χ4n) is 4.46. The predicted molar refractivity (Wildman–Crippen MR) is 136 cm³/mol. The van der Waals surface area contributed by atoms with Crippen LogP contribution in [0.2, 0.25) is 0 Å². The van der Waals surface area contributed by atoms with E-state index in [2.05, 4.69) is 9.88 Å². The Hall–Kier alpha value is -3.59. The van der Waals surface area contributed by atoms with Crippen molar-refractivity contribution in [3.8, 4) is 21.8 Å². The summed E-state index contributed by atoms with van der Waals surface area (Å²) in [7, 11) is 0. The number of anilines is 1. The van der Waals surface area contributed by atoms with E-state index in [4.69, 9.17) is 9.72 Å². The Morgan fingerprint density at radius 1 is 1.11 bits per heavy atom. The molecule has 0 aliphatic carbocycles. The van der Waals surface area contributed by atoms with Gasteiger partial charge in [-0.05, 0) is 63.6 Å². The van der Waals surface area contributed by atoms with Crippen molar-refractivity contribution in [3.05, 3.63) is 76.6 Å². The van der Waals surface area contributed by atoms with Crippen molar-refractivity contribution in [3.63, 3.8) is 0 Å². The van der Waals surface area contributed by atoms with Gasteiger partial charge in [0.25, 0.3) is 0 Å². The van der Waals surface area contributed by atoms with Crippen molar-refractivity contribution in [1.29, 1.82) is 0 Å². The van der Waals surface area contributed by atoms with Crippen LogP contribution in [0.15, 0.2) is 48.8 Å². The number of aryl methyl sites for hydroxylation is 1. The van der Waals surface area contributed by atoms with Crippen LogP contribution in [-0.4, -0.2) is 32.8 Å². The molecule has 0 spiro atoms. The van der Waals surface area contributed by atoms with Crippen LogP contribution in [-0.2, 0) is 17.7 Å². The molecule has 0 atom stereocenters. The number of hydrogen-bond donors (Lipinski definition) is 0. The summed E-state index contributed by atoms with van der Waals surface area (Å²) in [5.74, 6) is -0.603. The van der Waals surface area contributed by atoms with E-state index in [1.807, 2.05) is 19.1 Å². The Labute approximate surface area is 212 Å². The zero-order valence-electron chi connectivity index (χ0n) is 20.5. The lowest BCUT2D eigenvalue weighted by atomic mass is 10.1. The maximum absolute atomic E-state index is 14.8. The SMILES string of the molecule is Cc1sc(-c2ccncc2)nc1N1CCc2c(cc(-c3c(F)cccc3F)n2C(=O)OC(C)(C)C)C1. The Bertz CT molecular complexity index is 1420. The lowest BCUT2D eigenvalue weighted by molar-refractivity contribution is 0.0535. The molecule has 4 heterocycles. The monoisotopic (exact) mass is 508 g/mol. The van der Waals surface area contributed by atoms with Crippen LogP contribution in [0, 0.1) is 18.6 Å². The maximum Gasteiger partial charge on any atom is 0.419 e. The highest BCUT2D eigenvalue weighted by molar-refractivity contribution is 7.15. The van der Waals surface area contributed by atoms with E-state index >= 15 is 0 Å². The average Bonchev–Trinajstić information content (AvgIpc) is 3.38. The zero-order chi connectivity index (χ0) is 25.6. The second-order valence-electron chi connectivity index (χ2n) is 9.72. The molecule has 3 aromatic heterocycles. The summed E-state index contributed by atoms with van der Waals surface area (Å²) in [4.78, 5) is 25.4. The number of hydrogen-bond acceptors (Lipinski definition) is 6. The number of thiazole rings is 1. The Balaban J connectivity index is 1.56. The molecule has 1 aromatic carbocycles. The minimum atomic E-state index is -0.763. The fourth-order valence-corrected chi connectivity index (χ4v) is 5.40. The van der Waals surface area contributed by atoms with Gasteiger partial charge in [-0.25, -0.2) is 23.1 Å². The Morgan fingerprint density at radius 3 is 2.47 bits per heavy atom. The first kappa shape index (κ1) is 24.1. The summed E-state index contributed by atoms with van der Waals surface area (Å²) in [5.41, 5.74) is 1.65. The minimum Gasteiger partial charge on any atom is -0.443 e. The molecule has 0 radical (unpaired) electrons. The van der Waals surface area contributed by atoms with Crippen LogP contribution in [0.3, 0.4) is 0 Å². The molecule has 5 rings (SSSR count). The molecule has 6 nitrogen and oxygen atoms in total. The first-order valence-corrected chi connectivity index (χ1v) is 12.5. The Morgan fingerprint density at radius 2 is 1.81 bits per heavy atom. The van der Waals surface area contributed by atoms with E-state index in [9.17, 15) is 13.6 Å². The van der Waals surface area contributed by atoms with Gasteiger partial charge >= 0.3 is 6.09 Å². The molecule has 1 aliphatic heterocycles. The van der Waals surface area contributed by atoms with Gasteiger partial charge in [0.05, 0.1) is 11.3 Å². The summed E-state index contributed by atoms with van der Waals surface area (Å²) in [6, 6.07) is 9.23. The van der Waals surface area contributed by atoms with Crippen LogP contribution in [0.1, 0.15) is 36.9 Å². The number of ether oxygens (including phenoxy) is 1. The first-order chi connectivity index (χ1) is 17.1. The predicted octanol–water partition coefficient (Wildman–Crippen LogP) is 6.61. The van der Waals surface area contributed by atoms with Crippen LogP contribution < -0.4 is 4.90 Å². The molecule has 0 saturated heterocycles. The van der Waals surface area contributed by atoms with Crippen LogP contribution >= 0.6 is 11.3 Å². The lowest BCUT2D eigenvalue weighted by Crippen LogP contribution is -2.34. The molecular weight excluding hydrogens is 482 g/mol. The summed E-state index contributed by atoms with van der Waals surface area (Å²) >= 11 is 1.60. The van der Waals surface area contributed by atoms with Crippen LogP contribution in [0.5, 0.6) is 0 Å². The third kappa shape index (κ3) is 4.51. The van der Waals surface area contributed by atoms with E-state index in [0.717, 1.165) is 26.8 Å². The van der Waals surface area contributed by atoms with Gasteiger partial charge in [0, 0.05) is 48.0 Å². The second-order valence-corrected chi connectivity index (χ2v) is 10.9. The number of benzene rings is 1. The van der Waals surface area contributed by atoms with Crippen LogP contribution in [0.25, 0.3) is 21.8 Å². The average molecular weight is 509 g/mol. The highest BCUT2D eigenvalue weighted by Crippen LogP contribution is 2.37. The van der Waals surface area contributed by atoms with E-state index in [-0.39, 0.29) is 11.3 Å². The van der Waals surface area contributed by atoms with Gasteiger partial charge < -0.3 is 9.64 Å². The van der Waals surface area contributed by atoms with Gasteiger partial charge in [-0.3, -0.25) is 4.98 Å². The van der Waals surface area contributed by atoms with Crippen LogP contribution in [0.4, 0.5) is 19.4 Å². The van der Waals surface area contributed by atoms with Crippen molar-refractivity contribution in [2.24, 2.45) is 0 Å². The second kappa shape index (κ2) is 9.13. The van der Waals surface area contributed by atoms with Gasteiger partial charge in [0.2, 0.25) is 0 Å². The molecule has 186 valence electrons. The summed E-state index contributed by atoms with van der Waals surface area (Å²) in [6.07, 6.45) is 3.31. The smallest absolute Gasteiger partial charge is 0.419 e. The van der Waals surface area contributed by atoms with Gasteiger partial charge in [-0.2, -0.15) is 0 Å². The highest BCUT2D eigenvalue weighted by Gasteiger charge is 2.31. The normalized spacial score (nSPS) is 13.6. The molecule has 0 saturated carbocycles. The van der Waals surface area contributed by atoms with Crippen molar-refractivity contribution >= 4 is 23.2 Å². The fraction of sp³-hybridized carbons (Fsp3) is 0.296. The van der Waals surface area contributed by atoms with E-state index in [1.54, 1.807) is 50.6 Å². The van der Waals surface area contributed by atoms with Gasteiger partial charge in [-0.1, -0.05) is 6.07 Å². The largest absolute Gasteiger partial charge is 0.443 e. The van der Waals surface area contributed by atoms with Gasteiger partial charge in [0.15, 0.2) is 0 Å². The van der Waals surface area contributed by atoms with Gasteiger partial charge in [0.1, 0.15) is 28.1 Å². The topological polar surface area (TPSA) is 60.2 Å². The molecular formula is C27H26F2N4O2S. The van der Waals surface area contributed by atoms with Gasteiger partial charge in [-0.15, -0.1) is 11.3 Å². The number of halogens is 2. The molecule has 4 aromatic rings. The molecule has 0 fully saturated rings. The summed E-state index contributed by atoms with van der Waals surface area (Å²) in [6.45, 7) is 8.36. The molecule has 0 unspecified atom stereocenters. The molecule has 9 heteroatoms. The lowest BCUT2D eigenvalue weighted by Gasteiger charge is -2.29. The molecule has 36 heavy (non-hydrogen) atoms. The quantitative estimate of drug-likeness (QED) is 0.312. The number of carbonyl (C=O) groups excluding carboxylic acids is 1. The molecule has 0 amide bonds. The third-order valence-corrected chi connectivity index (χ3v) is 6.98. The van der Waals surface area contributed by atoms with E-state index < -0.39 is 23.3 Å². The van der Waals surface area contributed by atoms with E-state index in [0.29, 0.717) is 25.2 Å². The first-order valence-electron chi connectivity index (χ1n) is 11.7. The molecule has 0 N–H and O–H groups in total. The van der Waals surface area contributed by atoms with E-state index in [1.165, 1.54) is 22.8 Å². The van der Waals surface area contributed by atoms with Crippen molar-refractivity contribution in [2.75, 3.05) is 11.4 Å². The number of rotatable bonds is 3. The third-order valence-electron chi connectivity index (χ3n) is 5.97. The Kier molecular flexibility index (Phi) is 6.12. The number of carbonyl (C=O) groups is 1. The standard InChI is InChI=1S/C27H26F2N4O2S/c1-16-24(31-25(36-16)17-8-11-30-12-9-17)32-13-10-21-18(15-32)14-22(23-19(28)6-5-7-20(23)29)33(21)26(34)35-27(2,3)4/h5-9,11-12,14H,10,13,15H2,1-4H3. The zero-order valence-corrected chi connectivity index (χ0v) is 21.3. The summed E-state index contributed by atoms with van der Waals surface area (Å²) in [5, 5.41) is 0.899. The van der Waals surface area contributed by atoms with Crippen molar-refractivity contribution in [2.45, 2.75) is 46.3 Å². The number of aromatic nitrogens is 3. The minimum absolute atomic E-state index is 0.152. The number of fused-ring (bicyclic) bond motifs is 1. The highest BCUT2D eigenvalue weighted by atomic mass is 32.1. The molecule has 0 bridgehead atoms. The van der Waals surface area contributed by atoms with Crippen molar-refractivity contribution < 1.29 is 18.3 Å². The number of nitrogens with zero attached hydrogens (tertiary/aromatic N) is 4. The maximum atomic E-state index is 14.8. The van der Waals surface area contributed by atoms with Crippen molar-refractivity contribution in [1.82, 2.24) is 14.5 Å².